The zero-order chi connectivity index (χ0) is 29.8. The van der Waals surface area contributed by atoms with E-state index < -0.39 is 17.9 Å². The first-order chi connectivity index (χ1) is 20.9. The van der Waals surface area contributed by atoms with Crippen molar-refractivity contribution in [2.45, 2.75) is 25.7 Å². The van der Waals surface area contributed by atoms with Crippen LogP contribution in [-0.2, 0) is 29.2 Å². The number of aromatic nitrogens is 4. The molecule has 10 nitrogen and oxygen atoms in total. The number of halogens is 2. The number of carbonyl (C=O) groups is 2. The maximum atomic E-state index is 14.0. The molecule has 3 aromatic carbocycles. The molecule has 0 bridgehead atoms. The number of hydrogen-bond donors (Lipinski definition) is 1. The molecule has 0 spiro atoms. The predicted molar refractivity (Wildman–Crippen MR) is 157 cm³/mol. The molecule has 0 aliphatic carbocycles. The molecule has 218 valence electrons. The largest absolute Gasteiger partial charge is 0.454 e. The molecular formula is C30H24ClFN6O4S. The first kappa shape index (κ1) is 28.3. The van der Waals surface area contributed by atoms with Gasteiger partial charge in [0.2, 0.25) is 24.4 Å². The second-order valence-electron chi connectivity index (χ2n) is 9.62. The molecule has 2 amide bonds. The average Bonchev–Trinajstić information content (AvgIpc) is 3.80. The summed E-state index contributed by atoms with van der Waals surface area (Å²) in [6, 6.07) is 20.8. The van der Waals surface area contributed by atoms with Crippen LogP contribution >= 0.6 is 22.9 Å². The molecule has 6 rings (SSSR count). The summed E-state index contributed by atoms with van der Waals surface area (Å²) in [5.41, 5.74) is 2.14. The van der Waals surface area contributed by atoms with Crippen LogP contribution < -0.4 is 14.8 Å². The Morgan fingerprint density at radius 2 is 1.79 bits per heavy atom. The van der Waals surface area contributed by atoms with E-state index in [1.54, 1.807) is 54.6 Å². The number of tetrazole rings is 1. The van der Waals surface area contributed by atoms with Gasteiger partial charge in [0, 0.05) is 28.6 Å². The summed E-state index contributed by atoms with van der Waals surface area (Å²) < 4.78 is 24.4. The predicted octanol–water partition coefficient (Wildman–Crippen LogP) is 5.01. The fourth-order valence-electron chi connectivity index (χ4n) is 4.56. The minimum absolute atomic E-state index is 0.0841. The zero-order valence-electron chi connectivity index (χ0n) is 22.5. The van der Waals surface area contributed by atoms with Gasteiger partial charge in [0.15, 0.2) is 11.5 Å². The van der Waals surface area contributed by atoms with Gasteiger partial charge in [-0.1, -0.05) is 35.9 Å². The Balaban J connectivity index is 1.29. The summed E-state index contributed by atoms with van der Waals surface area (Å²) in [4.78, 5) is 31.1. The Kier molecular flexibility index (Phi) is 8.29. The maximum Gasteiger partial charge on any atom is 0.248 e. The highest BCUT2D eigenvalue weighted by Gasteiger charge is 2.33. The minimum Gasteiger partial charge on any atom is -0.454 e. The smallest absolute Gasteiger partial charge is 0.248 e. The minimum atomic E-state index is -0.974. The lowest BCUT2D eigenvalue weighted by atomic mass is 10.1. The number of hydrogen-bond acceptors (Lipinski definition) is 8. The lowest BCUT2D eigenvalue weighted by Gasteiger charge is -2.30. The fourth-order valence-corrected chi connectivity index (χ4v) is 5.52. The van der Waals surface area contributed by atoms with Gasteiger partial charge in [-0.05, 0) is 76.3 Å². The second kappa shape index (κ2) is 12.6. The summed E-state index contributed by atoms with van der Waals surface area (Å²) in [7, 11) is 0. The van der Waals surface area contributed by atoms with Crippen LogP contribution in [0, 0.1) is 5.82 Å². The van der Waals surface area contributed by atoms with Crippen molar-refractivity contribution in [2.75, 3.05) is 6.79 Å². The van der Waals surface area contributed by atoms with E-state index in [9.17, 15) is 14.0 Å². The number of nitrogens with one attached hydrogen (secondary N) is 1. The number of fused-ring (bicyclic) bond motifs is 1. The van der Waals surface area contributed by atoms with E-state index >= 15 is 0 Å². The molecule has 2 aromatic heterocycles. The third-order valence-corrected chi connectivity index (χ3v) is 7.87. The van der Waals surface area contributed by atoms with Crippen molar-refractivity contribution in [3.63, 3.8) is 0 Å². The first-order valence-electron chi connectivity index (χ1n) is 13.2. The van der Waals surface area contributed by atoms with Crippen LogP contribution in [0.3, 0.4) is 0 Å². The Hall–Kier alpha value is -4.81. The van der Waals surface area contributed by atoms with E-state index in [4.69, 9.17) is 21.1 Å². The van der Waals surface area contributed by atoms with E-state index in [1.807, 2.05) is 17.5 Å². The van der Waals surface area contributed by atoms with Crippen molar-refractivity contribution in [3.8, 4) is 22.9 Å². The van der Waals surface area contributed by atoms with Gasteiger partial charge in [0.25, 0.3) is 0 Å². The van der Waals surface area contributed by atoms with Gasteiger partial charge in [-0.2, -0.15) is 4.80 Å². The molecular weight excluding hydrogens is 595 g/mol. The van der Waals surface area contributed by atoms with Gasteiger partial charge in [0.05, 0.1) is 0 Å². The molecule has 3 heterocycles. The molecule has 0 saturated heterocycles. The molecule has 0 radical (unpaired) electrons. The maximum absolute atomic E-state index is 14.0. The Morgan fingerprint density at radius 3 is 2.56 bits per heavy atom. The van der Waals surface area contributed by atoms with Crippen molar-refractivity contribution < 1.29 is 23.5 Å². The quantitative estimate of drug-likeness (QED) is 0.234. The normalized spacial score (nSPS) is 12.6. The van der Waals surface area contributed by atoms with Crippen LogP contribution in [0.2, 0.25) is 5.02 Å². The highest BCUT2D eigenvalue weighted by atomic mass is 35.5. The Morgan fingerprint density at radius 1 is 1.02 bits per heavy atom. The molecule has 5 aromatic rings. The van der Waals surface area contributed by atoms with Crippen molar-refractivity contribution in [1.29, 1.82) is 0 Å². The van der Waals surface area contributed by atoms with E-state index in [-0.39, 0.29) is 32.2 Å². The number of thiophene rings is 1. The molecule has 0 unspecified atom stereocenters. The molecule has 1 aliphatic heterocycles. The highest BCUT2D eigenvalue weighted by molar-refractivity contribution is 7.10. The van der Waals surface area contributed by atoms with Crippen LogP contribution in [0.1, 0.15) is 22.0 Å². The van der Waals surface area contributed by atoms with Gasteiger partial charge < -0.3 is 19.7 Å². The number of amides is 2. The topological polar surface area (TPSA) is 111 Å². The molecule has 13 heteroatoms. The first-order valence-corrected chi connectivity index (χ1v) is 14.5. The average molecular weight is 619 g/mol. The van der Waals surface area contributed by atoms with Crippen molar-refractivity contribution >= 4 is 34.8 Å². The molecule has 0 fully saturated rings. The van der Waals surface area contributed by atoms with E-state index in [0.717, 1.165) is 11.1 Å². The van der Waals surface area contributed by atoms with Crippen LogP contribution in [0.25, 0.3) is 11.4 Å². The summed E-state index contributed by atoms with van der Waals surface area (Å²) in [6.45, 7) is 0.0834. The summed E-state index contributed by atoms with van der Waals surface area (Å²) in [5, 5.41) is 17.9. The number of rotatable bonds is 10. The van der Waals surface area contributed by atoms with Crippen LogP contribution in [0.4, 0.5) is 4.39 Å². The summed E-state index contributed by atoms with van der Waals surface area (Å²) in [5.74, 6) is 0.327. The van der Waals surface area contributed by atoms with E-state index in [2.05, 4.69) is 20.7 Å². The SMILES string of the molecule is O=C(NCc1ccc(F)cc1)[C@@H](c1cccs1)N(Cc1ccc2c(c1)OCO2)C(=O)Cn1nnc(-c2ccc(Cl)cc2)n1. The van der Waals surface area contributed by atoms with Gasteiger partial charge in [-0.3, -0.25) is 9.59 Å². The summed E-state index contributed by atoms with van der Waals surface area (Å²) in [6.07, 6.45) is 0. The fraction of sp³-hybridized carbons (Fsp3) is 0.167. The van der Waals surface area contributed by atoms with Crippen molar-refractivity contribution in [1.82, 2.24) is 30.4 Å². The molecule has 1 N–H and O–H groups in total. The molecule has 43 heavy (non-hydrogen) atoms. The van der Waals surface area contributed by atoms with Crippen LogP contribution in [0.5, 0.6) is 11.5 Å². The number of benzene rings is 3. The second-order valence-corrected chi connectivity index (χ2v) is 11.0. The molecule has 1 atom stereocenters. The van der Waals surface area contributed by atoms with Crippen LogP contribution in [-0.4, -0.2) is 43.7 Å². The van der Waals surface area contributed by atoms with E-state index in [1.165, 1.54) is 33.2 Å². The van der Waals surface area contributed by atoms with Gasteiger partial charge in [-0.15, -0.1) is 21.5 Å². The number of carbonyl (C=O) groups excluding carboxylic acids is 2. The monoisotopic (exact) mass is 618 g/mol. The van der Waals surface area contributed by atoms with Gasteiger partial charge in [-0.25, -0.2) is 4.39 Å². The highest BCUT2D eigenvalue weighted by Crippen LogP contribution is 2.34. The third kappa shape index (κ3) is 6.65. The lowest BCUT2D eigenvalue weighted by molar-refractivity contribution is -0.142. The Bertz CT molecular complexity index is 1730. The van der Waals surface area contributed by atoms with Crippen molar-refractivity contribution in [3.05, 3.63) is 111 Å². The zero-order valence-corrected chi connectivity index (χ0v) is 24.1. The third-order valence-electron chi connectivity index (χ3n) is 6.69. The van der Waals surface area contributed by atoms with Crippen molar-refractivity contribution in [2.24, 2.45) is 0 Å². The van der Waals surface area contributed by atoms with E-state index in [0.29, 0.717) is 32.8 Å². The van der Waals surface area contributed by atoms with Gasteiger partial charge in [0.1, 0.15) is 18.4 Å². The standard InChI is InChI=1S/C30H24ClFN6O4S/c31-22-8-6-21(7-9-22)29-34-36-38(35-29)17-27(39)37(16-20-5-12-24-25(14-20)42-18-41-24)28(26-2-1-13-43-26)30(40)33-15-19-3-10-23(32)11-4-19/h1-14,28H,15-18H2,(H,33,40)/t28-/m1/s1. The lowest BCUT2D eigenvalue weighted by Crippen LogP contribution is -2.44. The number of ether oxygens (including phenoxy) is 2. The van der Waals surface area contributed by atoms with Crippen LogP contribution in [0.15, 0.2) is 84.2 Å². The molecule has 0 saturated carbocycles. The molecule has 1 aliphatic rings. The number of nitrogens with zero attached hydrogens (tertiary/aromatic N) is 5. The van der Waals surface area contributed by atoms with Gasteiger partial charge >= 0.3 is 0 Å². The Labute approximate surface area is 254 Å². The summed E-state index contributed by atoms with van der Waals surface area (Å²) >= 11 is 7.35.